The van der Waals surface area contributed by atoms with Gasteiger partial charge in [-0.05, 0) is 59.7 Å². The van der Waals surface area contributed by atoms with Crippen LogP contribution >= 0.6 is 0 Å². The van der Waals surface area contributed by atoms with E-state index < -0.39 is 26.8 Å². The van der Waals surface area contributed by atoms with Crippen LogP contribution in [0.5, 0.6) is 11.5 Å². The van der Waals surface area contributed by atoms with E-state index in [9.17, 15) is 26.4 Å². The first-order valence-electron chi connectivity index (χ1n) is 9.23. The maximum atomic E-state index is 12.3. The van der Waals surface area contributed by atoms with Gasteiger partial charge in [0.05, 0.1) is 0 Å². The number of alkyl halides is 3. The van der Waals surface area contributed by atoms with Gasteiger partial charge >= 0.3 is 15.6 Å². The van der Waals surface area contributed by atoms with Crippen LogP contribution in [0.2, 0.25) is 0 Å². The number of halogens is 3. The molecule has 1 N–H and O–H groups in total. The molecule has 2 aromatic carbocycles. The van der Waals surface area contributed by atoms with E-state index in [0.717, 1.165) is 12.5 Å². The zero-order valence-corrected chi connectivity index (χ0v) is 17.6. The van der Waals surface area contributed by atoms with E-state index in [1.165, 1.54) is 17.7 Å². The molecule has 0 amide bonds. The van der Waals surface area contributed by atoms with Crippen molar-refractivity contribution >= 4 is 15.9 Å². The van der Waals surface area contributed by atoms with Gasteiger partial charge in [0.1, 0.15) is 11.5 Å². The number of rotatable bonds is 3. The van der Waals surface area contributed by atoms with Crippen LogP contribution in [0.3, 0.4) is 0 Å². The molecule has 0 saturated carbocycles. The summed E-state index contributed by atoms with van der Waals surface area (Å²) >= 11 is 0. The highest BCUT2D eigenvalue weighted by atomic mass is 32.2. The highest BCUT2D eigenvalue weighted by molar-refractivity contribution is 7.88. The van der Waals surface area contributed by atoms with Crippen molar-refractivity contribution < 1.29 is 35.7 Å². The van der Waals surface area contributed by atoms with Gasteiger partial charge < -0.3 is 9.29 Å². The summed E-state index contributed by atoms with van der Waals surface area (Å²) < 4.78 is 63.0. The molecule has 3 rings (SSSR count). The summed E-state index contributed by atoms with van der Waals surface area (Å²) in [5, 5.41) is 8.85. The predicted octanol–water partition coefficient (Wildman–Crippen LogP) is 5.12. The fraction of sp³-hybridized carbons (Fsp3) is 0.381. The molecule has 164 valence electrons. The topological polar surface area (TPSA) is 80.7 Å². The molecule has 0 bridgehead atoms. The molecule has 0 radical (unpaired) electrons. The summed E-state index contributed by atoms with van der Waals surface area (Å²) in [6.07, 6.45) is 1.91. The molecule has 2 aromatic rings. The second-order valence-electron chi connectivity index (χ2n) is 7.52. The molecule has 0 unspecified atom stereocenters. The van der Waals surface area contributed by atoms with Crippen molar-refractivity contribution in [3.05, 3.63) is 59.2 Å². The number of aryl methyl sites for hydroxylation is 1. The zero-order valence-electron chi connectivity index (χ0n) is 16.8. The second kappa shape index (κ2) is 8.67. The Labute approximate surface area is 173 Å². The van der Waals surface area contributed by atoms with Gasteiger partial charge in [-0.25, -0.2) is 0 Å². The molecule has 1 aliphatic carbocycles. The van der Waals surface area contributed by atoms with Gasteiger partial charge in [0.25, 0.3) is 0 Å². The number of fused-ring (bicyclic) bond motifs is 1. The molecule has 1 aliphatic rings. The standard InChI is InChI=1S/C13H13F3O4S.C8H10O/c1-12(2)6-5-11(17)9-4-3-8(7-10(9)12)20-21(18,19)13(14,15)16;1-2-7-3-5-8(9)6-4-7/h3-4,7H,5-6H2,1-2H3;3-6,9H,2H2,1H3. The quantitative estimate of drug-likeness (QED) is 0.525. The maximum absolute atomic E-state index is 12.3. The van der Waals surface area contributed by atoms with Gasteiger partial charge in [0, 0.05) is 12.0 Å². The molecule has 0 spiro atoms. The lowest BCUT2D eigenvalue weighted by Gasteiger charge is -2.31. The predicted molar refractivity (Wildman–Crippen MR) is 106 cm³/mol. The van der Waals surface area contributed by atoms with Crippen LogP contribution in [0.1, 0.15) is 55.1 Å². The van der Waals surface area contributed by atoms with E-state index in [-0.39, 0.29) is 5.78 Å². The van der Waals surface area contributed by atoms with E-state index in [2.05, 4.69) is 11.1 Å². The van der Waals surface area contributed by atoms with E-state index in [1.807, 2.05) is 26.0 Å². The van der Waals surface area contributed by atoms with Gasteiger partial charge in [0.15, 0.2) is 5.78 Å². The first-order valence-corrected chi connectivity index (χ1v) is 10.6. The summed E-state index contributed by atoms with van der Waals surface area (Å²) in [5.74, 6) is -0.226. The van der Waals surface area contributed by atoms with Crippen molar-refractivity contribution in [1.82, 2.24) is 0 Å². The van der Waals surface area contributed by atoms with E-state index in [4.69, 9.17) is 5.11 Å². The van der Waals surface area contributed by atoms with Crippen molar-refractivity contribution in [1.29, 1.82) is 0 Å². The fourth-order valence-electron chi connectivity index (χ4n) is 2.98. The van der Waals surface area contributed by atoms with E-state index >= 15 is 0 Å². The number of hydrogen-bond acceptors (Lipinski definition) is 5. The second-order valence-corrected chi connectivity index (χ2v) is 9.06. The van der Waals surface area contributed by atoms with Gasteiger partial charge in [-0.1, -0.05) is 32.9 Å². The molecular formula is C21H23F3O5S. The number of ketones is 1. The van der Waals surface area contributed by atoms with E-state index in [1.54, 1.807) is 12.1 Å². The molecule has 0 atom stereocenters. The van der Waals surface area contributed by atoms with Gasteiger partial charge in [-0.3, -0.25) is 4.79 Å². The third kappa shape index (κ3) is 5.53. The molecule has 0 saturated heterocycles. The monoisotopic (exact) mass is 444 g/mol. The average Bonchev–Trinajstić information content (AvgIpc) is 2.65. The number of benzene rings is 2. The minimum atomic E-state index is -5.71. The van der Waals surface area contributed by atoms with Crippen LogP contribution in [0.25, 0.3) is 0 Å². The number of Topliss-reactive ketones (excluding diaryl/α,β-unsaturated/α-hetero) is 1. The van der Waals surface area contributed by atoms with Gasteiger partial charge in [0.2, 0.25) is 0 Å². The normalized spacial score (nSPS) is 15.6. The Kier molecular flexibility index (Phi) is 6.86. The Balaban J connectivity index is 0.000000297. The molecule has 0 aliphatic heterocycles. The molecule has 0 fully saturated rings. The van der Waals surface area contributed by atoms with Gasteiger partial charge in [-0.15, -0.1) is 0 Å². The Morgan fingerprint density at radius 3 is 2.23 bits per heavy atom. The van der Waals surface area contributed by atoms with Crippen LogP contribution in [-0.4, -0.2) is 24.8 Å². The van der Waals surface area contributed by atoms with Crippen molar-refractivity contribution in [2.75, 3.05) is 0 Å². The van der Waals surface area contributed by atoms with Crippen LogP contribution < -0.4 is 4.18 Å². The molecular weight excluding hydrogens is 421 g/mol. The summed E-state index contributed by atoms with van der Waals surface area (Å²) in [4.78, 5) is 11.8. The lowest BCUT2D eigenvalue weighted by atomic mass is 9.72. The fourth-order valence-corrected chi connectivity index (χ4v) is 3.43. The maximum Gasteiger partial charge on any atom is 0.534 e. The number of phenols is 1. The summed E-state index contributed by atoms with van der Waals surface area (Å²) in [7, 11) is -5.71. The largest absolute Gasteiger partial charge is 0.534 e. The van der Waals surface area contributed by atoms with Crippen LogP contribution in [-0.2, 0) is 22.0 Å². The van der Waals surface area contributed by atoms with Gasteiger partial charge in [-0.2, -0.15) is 21.6 Å². The average molecular weight is 444 g/mol. The third-order valence-electron chi connectivity index (χ3n) is 4.83. The zero-order chi connectivity index (χ0) is 22.7. The minimum absolute atomic E-state index is 0.116. The Morgan fingerprint density at radius 1 is 1.10 bits per heavy atom. The van der Waals surface area contributed by atoms with Crippen LogP contribution in [0.15, 0.2) is 42.5 Å². The van der Waals surface area contributed by atoms with Crippen molar-refractivity contribution in [3.63, 3.8) is 0 Å². The Hall–Kier alpha value is -2.55. The Bertz CT molecular complexity index is 1010. The molecule has 9 heteroatoms. The third-order valence-corrected chi connectivity index (χ3v) is 5.81. The summed E-state index contributed by atoms with van der Waals surface area (Å²) in [6.45, 7) is 5.76. The molecule has 0 heterocycles. The number of carbonyl (C=O) groups excluding carboxylic acids is 1. The SMILES string of the molecule is CC1(C)CCC(=O)c2ccc(OS(=O)(=O)C(F)(F)F)cc21.CCc1ccc(O)cc1. The number of hydrogen-bond donors (Lipinski definition) is 1. The van der Waals surface area contributed by atoms with E-state index in [0.29, 0.717) is 29.7 Å². The lowest BCUT2D eigenvalue weighted by Crippen LogP contribution is -2.29. The highest BCUT2D eigenvalue weighted by Gasteiger charge is 2.48. The number of carbonyl (C=O) groups is 1. The van der Waals surface area contributed by atoms with Crippen molar-refractivity contribution in [2.45, 2.75) is 51.0 Å². The minimum Gasteiger partial charge on any atom is -0.508 e. The Morgan fingerprint density at radius 2 is 1.70 bits per heavy atom. The van der Waals surface area contributed by atoms with Crippen LogP contribution in [0.4, 0.5) is 13.2 Å². The van der Waals surface area contributed by atoms with Crippen molar-refractivity contribution in [3.8, 4) is 11.5 Å². The molecule has 0 aromatic heterocycles. The summed E-state index contributed by atoms with van der Waals surface area (Å²) in [5.41, 5.74) is -3.79. The smallest absolute Gasteiger partial charge is 0.508 e. The number of phenolic OH excluding ortho intramolecular Hbond substituents is 1. The van der Waals surface area contributed by atoms with Crippen molar-refractivity contribution in [2.24, 2.45) is 0 Å². The summed E-state index contributed by atoms with van der Waals surface area (Å²) in [6, 6.07) is 10.8. The first-order chi connectivity index (χ1) is 13.8. The van der Waals surface area contributed by atoms with Crippen LogP contribution in [0, 0.1) is 0 Å². The lowest BCUT2D eigenvalue weighted by molar-refractivity contribution is -0.0500. The first kappa shape index (κ1) is 23.7. The molecule has 5 nitrogen and oxygen atoms in total. The molecule has 30 heavy (non-hydrogen) atoms. The highest BCUT2D eigenvalue weighted by Crippen LogP contribution is 2.39. The number of aromatic hydroxyl groups is 1.